The van der Waals surface area contributed by atoms with Crippen LogP contribution >= 0.6 is 0 Å². The molecule has 0 aliphatic carbocycles. The fraction of sp³-hybridized carbons (Fsp3) is 0.467. The number of nitrogens with zero attached hydrogens (tertiary/aromatic N) is 2. The van der Waals surface area contributed by atoms with Crippen molar-refractivity contribution in [3.8, 4) is 0 Å². The molecular formula is C15H22N4. The summed E-state index contributed by atoms with van der Waals surface area (Å²) in [6.07, 6.45) is 6.09. The molecule has 0 aliphatic heterocycles. The highest BCUT2D eigenvalue weighted by Gasteiger charge is 2.09. The molecular weight excluding hydrogens is 236 g/mol. The molecule has 0 bridgehead atoms. The third-order valence-electron chi connectivity index (χ3n) is 3.27. The number of unbranched alkanes of at least 4 members (excludes halogenated alkanes) is 1. The highest BCUT2D eigenvalue weighted by atomic mass is 15.2. The Balaban J connectivity index is 1.87. The van der Waals surface area contributed by atoms with Crippen LogP contribution in [0.25, 0.3) is 0 Å². The van der Waals surface area contributed by atoms with Gasteiger partial charge >= 0.3 is 0 Å². The lowest BCUT2D eigenvalue weighted by Crippen LogP contribution is -2.24. The molecule has 4 nitrogen and oxygen atoms in total. The van der Waals surface area contributed by atoms with Crippen molar-refractivity contribution in [3.63, 3.8) is 0 Å². The van der Waals surface area contributed by atoms with E-state index in [-0.39, 0.29) is 0 Å². The second kappa shape index (κ2) is 7.69. The summed E-state index contributed by atoms with van der Waals surface area (Å²) in [7, 11) is 0. The van der Waals surface area contributed by atoms with Gasteiger partial charge in [-0.3, -0.25) is 5.10 Å². The Morgan fingerprint density at radius 1 is 1.26 bits per heavy atom. The van der Waals surface area contributed by atoms with E-state index in [2.05, 4.69) is 57.8 Å². The quantitative estimate of drug-likeness (QED) is 0.765. The molecule has 0 fully saturated rings. The molecule has 0 saturated heterocycles. The minimum absolute atomic E-state index is 0.434. The van der Waals surface area contributed by atoms with E-state index in [1.165, 1.54) is 24.8 Å². The predicted molar refractivity (Wildman–Crippen MR) is 76.8 cm³/mol. The Kier molecular flexibility index (Phi) is 5.56. The average molecular weight is 258 g/mol. The molecule has 102 valence electrons. The maximum atomic E-state index is 4.14. The van der Waals surface area contributed by atoms with E-state index >= 15 is 0 Å². The van der Waals surface area contributed by atoms with Gasteiger partial charge in [0.05, 0.1) is 0 Å². The van der Waals surface area contributed by atoms with Crippen LogP contribution in [0.2, 0.25) is 0 Å². The van der Waals surface area contributed by atoms with Crippen LogP contribution in [0.4, 0.5) is 0 Å². The first-order valence-corrected chi connectivity index (χ1v) is 7.02. The van der Waals surface area contributed by atoms with Crippen molar-refractivity contribution >= 4 is 0 Å². The normalized spacial score (nSPS) is 12.5. The number of rotatable bonds is 8. The summed E-state index contributed by atoms with van der Waals surface area (Å²) in [5.41, 5.74) is 1.37. The number of aromatic amines is 1. The van der Waals surface area contributed by atoms with Crippen LogP contribution in [-0.4, -0.2) is 21.7 Å². The van der Waals surface area contributed by atoms with Gasteiger partial charge in [-0.1, -0.05) is 50.1 Å². The Bertz CT molecular complexity index is 438. The van der Waals surface area contributed by atoms with Gasteiger partial charge < -0.3 is 5.32 Å². The van der Waals surface area contributed by atoms with Gasteiger partial charge in [0.2, 0.25) is 0 Å². The number of nitrogens with one attached hydrogen (secondary N) is 2. The van der Waals surface area contributed by atoms with Gasteiger partial charge in [0.1, 0.15) is 12.2 Å². The summed E-state index contributed by atoms with van der Waals surface area (Å²) in [6, 6.07) is 11.1. The molecule has 19 heavy (non-hydrogen) atoms. The Labute approximate surface area is 114 Å². The fourth-order valence-corrected chi connectivity index (χ4v) is 2.20. The third kappa shape index (κ3) is 4.48. The molecule has 2 aromatic rings. The zero-order valence-corrected chi connectivity index (χ0v) is 11.5. The molecule has 1 aromatic heterocycles. The molecule has 1 unspecified atom stereocenters. The number of hydrogen-bond acceptors (Lipinski definition) is 3. The fourth-order valence-electron chi connectivity index (χ4n) is 2.20. The summed E-state index contributed by atoms with van der Waals surface area (Å²) in [4.78, 5) is 4.14. The maximum absolute atomic E-state index is 4.14. The SMILES string of the molecule is CCCCC(NCCc1ncn[nH]1)c1ccccc1. The molecule has 4 heteroatoms. The highest BCUT2D eigenvalue weighted by molar-refractivity contribution is 5.18. The molecule has 0 spiro atoms. The minimum atomic E-state index is 0.434. The van der Waals surface area contributed by atoms with Crippen molar-refractivity contribution in [2.45, 2.75) is 38.6 Å². The molecule has 1 heterocycles. The van der Waals surface area contributed by atoms with Crippen LogP contribution in [0.15, 0.2) is 36.7 Å². The number of aromatic nitrogens is 3. The summed E-state index contributed by atoms with van der Waals surface area (Å²) < 4.78 is 0. The zero-order chi connectivity index (χ0) is 13.3. The van der Waals surface area contributed by atoms with E-state index in [1.807, 2.05) is 0 Å². The van der Waals surface area contributed by atoms with Crippen LogP contribution in [0.3, 0.4) is 0 Å². The van der Waals surface area contributed by atoms with E-state index in [1.54, 1.807) is 6.33 Å². The van der Waals surface area contributed by atoms with Crippen molar-refractivity contribution in [2.75, 3.05) is 6.54 Å². The predicted octanol–water partition coefficient (Wildman–Crippen LogP) is 2.87. The molecule has 0 amide bonds. The van der Waals surface area contributed by atoms with Crippen molar-refractivity contribution in [1.82, 2.24) is 20.5 Å². The largest absolute Gasteiger partial charge is 0.309 e. The van der Waals surface area contributed by atoms with Gasteiger partial charge in [0.25, 0.3) is 0 Å². The molecule has 1 atom stereocenters. The molecule has 2 N–H and O–H groups in total. The zero-order valence-electron chi connectivity index (χ0n) is 11.5. The van der Waals surface area contributed by atoms with E-state index in [0.29, 0.717) is 6.04 Å². The molecule has 0 aliphatic rings. The lowest BCUT2D eigenvalue weighted by molar-refractivity contribution is 0.482. The lowest BCUT2D eigenvalue weighted by atomic mass is 10.0. The summed E-state index contributed by atoms with van der Waals surface area (Å²) in [5.74, 6) is 0.940. The van der Waals surface area contributed by atoms with Crippen LogP contribution < -0.4 is 5.32 Å². The van der Waals surface area contributed by atoms with Gasteiger partial charge in [0, 0.05) is 19.0 Å². The lowest BCUT2D eigenvalue weighted by Gasteiger charge is -2.18. The van der Waals surface area contributed by atoms with Gasteiger partial charge in [-0.2, -0.15) is 5.10 Å². The van der Waals surface area contributed by atoms with Gasteiger partial charge in [-0.05, 0) is 12.0 Å². The first-order chi connectivity index (χ1) is 9.40. The Morgan fingerprint density at radius 3 is 2.79 bits per heavy atom. The smallest absolute Gasteiger partial charge is 0.137 e. The van der Waals surface area contributed by atoms with E-state index < -0.39 is 0 Å². The van der Waals surface area contributed by atoms with Gasteiger partial charge in [-0.15, -0.1) is 0 Å². The van der Waals surface area contributed by atoms with Crippen molar-refractivity contribution in [1.29, 1.82) is 0 Å². The van der Waals surface area contributed by atoms with Crippen molar-refractivity contribution in [2.24, 2.45) is 0 Å². The van der Waals surface area contributed by atoms with E-state index in [9.17, 15) is 0 Å². The van der Waals surface area contributed by atoms with E-state index in [0.717, 1.165) is 18.8 Å². The topological polar surface area (TPSA) is 53.6 Å². The molecule has 2 rings (SSSR count). The number of hydrogen-bond donors (Lipinski definition) is 2. The Morgan fingerprint density at radius 2 is 2.11 bits per heavy atom. The minimum Gasteiger partial charge on any atom is -0.309 e. The van der Waals surface area contributed by atoms with Crippen molar-refractivity contribution in [3.05, 3.63) is 48.0 Å². The van der Waals surface area contributed by atoms with Crippen LogP contribution in [0, 0.1) is 0 Å². The number of H-pyrrole nitrogens is 1. The summed E-state index contributed by atoms with van der Waals surface area (Å²) in [6.45, 7) is 3.15. The average Bonchev–Trinajstić information content (AvgIpc) is 2.97. The highest BCUT2D eigenvalue weighted by Crippen LogP contribution is 2.18. The standard InChI is InChI=1S/C15H22N4/c1-2-3-9-14(13-7-5-4-6-8-13)16-11-10-15-17-12-18-19-15/h4-8,12,14,16H,2-3,9-11H2,1H3,(H,17,18,19). The summed E-state index contributed by atoms with van der Waals surface area (Å²) in [5, 5.41) is 10.4. The second-order valence-corrected chi connectivity index (χ2v) is 4.74. The van der Waals surface area contributed by atoms with Gasteiger partial charge in [-0.25, -0.2) is 4.98 Å². The van der Waals surface area contributed by atoms with Crippen LogP contribution in [0.1, 0.15) is 43.6 Å². The first kappa shape index (κ1) is 13.7. The van der Waals surface area contributed by atoms with E-state index in [4.69, 9.17) is 0 Å². The Hall–Kier alpha value is -1.68. The second-order valence-electron chi connectivity index (χ2n) is 4.74. The third-order valence-corrected chi connectivity index (χ3v) is 3.27. The molecule has 0 radical (unpaired) electrons. The molecule has 0 saturated carbocycles. The first-order valence-electron chi connectivity index (χ1n) is 7.02. The van der Waals surface area contributed by atoms with Crippen LogP contribution in [0.5, 0.6) is 0 Å². The molecule has 1 aromatic carbocycles. The van der Waals surface area contributed by atoms with Gasteiger partial charge in [0.15, 0.2) is 0 Å². The summed E-state index contributed by atoms with van der Waals surface area (Å²) >= 11 is 0. The van der Waals surface area contributed by atoms with Crippen molar-refractivity contribution < 1.29 is 0 Å². The monoisotopic (exact) mass is 258 g/mol. The van der Waals surface area contributed by atoms with Crippen LogP contribution in [-0.2, 0) is 6.42 Å². The maximum Gasteiger partial charge on any atom is 0.137 e. The number of benzene rings is 1.